The number of carbonyl (C=O) groups is 1. The summed E-state index contributed by atoms with van der Waals surface area (Å²) in [7, 11) is 0. The summed E-state index contributed by atoms with van der Waals surface area (Å²) in [5.41, 5.74) is 1.78. The first kappa shape index (κ1) is 14.4. The maximum Gasteiger partial charge on any atom is 0.267 e. The van der Waals surface area contributed by atoms with E-state index >= 15 is 0 Å². The van der Waals surface area contributed by atoms with Gasteiger partial charge in [0.05, 0.1) is 5.52 Å². The fraction of sp³-hybridized carbons (Fsp3) is 0.167. The molecule has 4 rings (SSSR count). The van der Waals surface area contributed by atoms with Gasteiger partial charge in [0.15, 0.2) is 0 Å². The molecule has 120 valence electrons. The highest BCUT2D eigenvalue weighted by Crippen LogP contribution is 2.32. The molecule has 24 heavy (non-hydrogen) atoms. The summed E-state index contributed by atoms with van der Waals surface area (Å²) in [6.45, 7) is 2.32. The van der Waals surface area contributed by atoms with Gasteiger partial charge in [-0.2, -0.15) is 0 Å². The Morgan fingerprint density at radius 2 is 2.12 bits per heavy atom. The second kappa shape index (κ2) is 5.19. The fourth-order valence-electron chi connectivity index (χ4n) is 3.21. The van der Waals surface area contributed by atoms with Crippen LogP contribution in [-0.4, -0.2) is 20.6 Å². The van der Waals surface area contributed by atoms with E-state index in [4.69, 9.17) is 0 Å². The molecule has 1 amide bonds. The first-order chi connectivity index (χ1) is 11.6. The number of rotatable bonds is 2. The van der Waals surface area contributed by atoms with Gasteiger partial charge in [0.1, 0.15) is 17.1 Å². The number of aromatic hydroxyl groups is 1. The molecule has 0 aliphatic carbocycles. The van der Waals surface area contributed by atoms with E-state index in [9.17, 15) is 14.7 Å². The van der Waals surface area contributed by atoms with Crippen LogP contribution < -0.4 is 10.9 Å². The third kappa shape index (κ3) is 2.00. The number of aromatic nitrogens is 2. The van der Waals surface area contributed by atoms with Crippen LogP contribution in [0.4, 0.5) is 5.82 Å². The third-order valence-electron chi connectivity index (χ3n) is 4.41. The third-order valence-corrected chi connectivity index (χ3v) is 4.41. The van der Waals surface area contributed by atoms with Gasteiger partial charge in [-0.05, 0) is 36.6 Å². The standard InChI is InChI=1S/C18H15N3O3/c1-10-4-3-8-19-16(10)20-17(23)13-15(22)12-6-2-5-11-7-9-21(14(11)12)18(13)24/h2-6,8,22H,7,9H2,1H3,(H,19,20,23). The summed E-state index contributed by atoms with van der Waals surface area (Å²) in [5, 5.41) is 13.7. The van der Waals surface area contributed by atoms with Crippen LogP contribution >= 0.6 is 0 Å². The Bertz CT molecular complexity index is 1050. The van der Waals surface area contributed by atoms with Crippen molar-refractivity contribution in [3.05, 3.63) is 63.6 Å². The van der Waals surface area contributed by atoms with Crippen LogP contribution in [0.3, 0.4) is 0 Å². The van der Waals surface area contributed by atoms with Crippen molar-refractivity contribution >= 4 is 22.6 Å². The minimum atomic E-state index is -0.651. The highest BCUT2D eigenvalue weighted by molar-refractivity contribution is 6.09. The molecular formula is C18H15N3O3. The number of amides is 1. The predicted octanol–water partition coefficient (Wildman–Crippen LogP) is 2.22. The minimum Gasteiger partial charge on any atom is -0.506 e. The molecule has 1 aromatic carbocycles. The number of hydrogen-bond acceptors (Lipinski definition) is 4. The Hall–Kier alpha value is -3.15. The Morgan fingerprint density at radius 1 is 1.29 bits per heavy atom. The van der Waals surface area contributed by atoms with Gasteiger partial charge >= 0.3 is 0 Å². The second-order valence-electron chi connectivity index (χ2n) is 5.87. The van der Waals surface area contributed by atoms with Crippen LogP contribution in [0.1, 0.15) is 21.5 Å². The van der Waals surface area contributed by atoms with Gasteiger partial charge in [0.2, 0.25) is 0 Å². The molecular weight excluding hydrogens is 306 g/mol. The summed E-state index contributed by atoms with van der Waals surface area (Å²) in [4.78, 5) is 29.4. The Kier molecular flexibility index (Phi) is 3.13. The average molecular weight is 321 g/mol. The monoisotopic (exact) mass is 321 g/mol. The summed E-state index contributed by atoms with van der Waals surface area (Å²) >= 11 is 0. The molecule has 0 fully saturated rings. The lowest BCUT2D eigenvalue weighted by molar-refractivity contribution is 0.102. The zero-order valence-corrected chi connectivity index (χ0v) is 13.0. The molecule has 0 radical (unpaired) electrons. The van der Waals surface area contributed by atoms with E-state index in [1.807, 2.05) is 25.1 Å². The van der Waals surface area contributed by atoms with Crippen LogP contribution in [0.15, 0.2) is 41.3 Å². The molecule has 2 N–H and O–H groups in total. The zero-order chi connectivity index (χ0) is 16.8. The van der Waals surface area contributed by atoms with Gasteiger partial charge in [-0.25, -0.2) is 4.98 Å². The van der Waals surface area contributed by atoms with Crippen LogP contribution in [0.5, 0.6) is 5.75 Å². The maximum atomic E-state index is 12.7. The van der Waals surface area contributed by atoms with E-state index in [1.54, 1.807) is 22.9 Å². The molecule has 0 saturated heterocycles. The maximum absolute atomic E-state index is 12.7. The van der Waals surface area contributed by atoms with Crippen molar-refractivity contribution in [2.45, 2.75) is 19.9 Å². The Balaban J connectivity index is 1.88. The first-order valence-electron chi connectivity index (χ1n) is 7.68. The van der Waals surface area contributed by atoms with Crippen LogP contribution in [0.2, 0.25) is 0 Å². The summed E-state index contributed by atoms with van der Waals surface area (Å²) < 4.78 is 1.56. The first-order valence-corrected chi connectivity index (χ1v) is 7.68. The van der Waals surface area contributed by atoms with E-state index in [2.05, 4.69) is 10.3 Å². The SMILES string of the molecule is Cc1cccnc1NC(=O)c1c(O)c2cccc3c2n(c1=O)CC3. The van der Waals surface area contributed by atoms with E-state index < -0.39 is 11.5 Å². The van der Waals surface area contributed by atoms with E-state index in [-0.39, 0.29) is 11.3 Å². The number of carbonyl (C=O) groups excluding carboxylic acids is 1. The number of anilines is 1. The normalized spacial score (nSPS) is 12.5. The summed E-state index contributed by atoms with van der Waals surface area (Å²) in [6.07, 6.45) is 2.28. The molecule has 0 spiro atoms. The van der Waals surface area contributed by atoms with Gasteiger partial charge in [0.25, 0.3) is 11.5 Å². The van der Waals surface area contributed by atoms with Gasteiger partial charge in [-0.3, -0.25) is 9.59 Å². The molecule has 0 unspecified atom stereocenters. The van der Waals surface area contributed by atoms with Crippen molar-refractivity contribution in [1.29, 1.82) is 0 Å². The molecule has 6 nitrogen and oxygen atoms in total. The van der Waals surface area contributed by atoms with E-state index in [1.165, 1.54) is 0 Å². The molecule has 3 aromatic rings. The van der Waals surface area contributed by atoms with Crippen LogP contribution in [0, 0.1) is 6.92 Å². The quantitative estimate of drug-likeness (QED) is 0.758. The molecule has 0 atom stereocenters. The molecule has 6 heteroatoms. The van der Waals surface area contributed by atoms with Crippen molar-refractivity contribution < 1.29 is 9.90 Å². The lowest BCUT2D eigenvalue weighted by atomic mass is 10.1. The number of aryl methyl sites for hydroxylation is 3. The van der Waals surface area contributed by atoms with Crippen molar-refractivity contribution in [1.82, 2.24) is 9.55 Å². The van der Waals surface area contributed by atoms with Gasteiger partial charge in [-0.1, -0.05) is 18.2 Å². The number of nitrogens with zero attached hydrogens (tertiary/aromatic N) is 2. The van der Waals surface area contributed by atoms with Crippen LogP contribution in [0.25, 0.3) is 10.9 Å². The van der Waals surface area contributed by atoms with Gasteiger partial charge in [-0.15, -0.1) is 0 Å². The Labute approximate surface area is 137 Å². The number of benzene rings is 1. The lowest BCUT2D eigenvalue weighted by Gasteiger charge is -2.12. The van der Waals surface area contributed by atoms with Crippen molar-refractivity contribution in [3.63, 3.8) is 0 Å². The average Bonchev–Trinajstić information content (AvgIpc) is 3.00. The van der Waals surface area contributed by atoms with Crippen molar-refractivity contribution in [3.8, 4) is 5.75 Å². The summed E-state index contributed by atoms with van der Waals surface area (Å²) in [5.74, 6) is -0.556. The highest BCUT2D eigenvalue weighted by atomic mass is 16.3. The highest BCUT2D eigenvalue weighted by Gasteiger charge is 2.26. The summed E-state index contributed by atoms with van der Waals surface area (Å²) in [6, 6.07) is 9.04. The Morgan fingerprint density at radius 3 is 2.92 bits per heavy atom. The topological polar surface area (TPSA) is 84.2 Å². The van der Waals surface area contributed by atoms with Crippen LogP contribution in [-0.2, 0) is 13.0 Å². The smallest absolute Gasteiger partial charge is 0.267 e. The molecule has 1 aliphatic rings. The molecule has 0 bridgehead atoms. The number of hydrogen-bond donors (Lipinski definition) is 2. The molecule has 2 aromatic heterocycles. The van der Waals surface area contributed by atoms with Gasteiger partial charge < -0.3 is 15.0 Å². The number of para-hydroxylation sites is 1. The van der Waals surface area contributed by atoms with E-state index in [0.29, 0.717) is 23.3 Å². The molecule has 3 heterocycles. The lowest BCUT2D eigenvalue weighted by Crippen LogP contribution is -2.29. The van der Waals surface area contributed by atoms with Crippen molar-refractivity contribution in [2.75, 3.05) is 5.32 Å². The largest absolute Gasteiger partial charge is 0.506 e. The number of pyridine rings is 2. The van der Waals surface area contributed by atoms with Crippen molar-refractivity contribution in [2.24, 2.45) is 0 Å². The number of nitrogens with one attached hydrogen (secondary N) is 1. The minimum absolute atomic E-state index is 0.244. The molecule has 1 aliphatic heterocycles. The second-order valence-corrected chi connectivity index (χ2v) is 5.87. The zero-order valence-electron chi connectivity index (χ0n) is 13.0. The predicted molar refractivity (Wildman–Crippen MR) is 90.5 cm³/mol. The fourth-order valence-corrected chi connectivity index (χ4v) is 3.21. The molecule has 0 saturated carbocycles. The van der Waals surface area contributed by atoms with E-state index in [0.717, 1.165) is 17.5 Å². The van der Waals surface area contributed by atoms with Gasteiger partial charge in [0, 0.05) is 18.1 Å².